The van der Waals surface area contributed by atoms with Gasteiger partial charge >= 0.3 is 0 Å². The van der Waals surface area contributed by atoms with Crippen molar-refractivity contribution in [2.45, 2.75) is 37.1 Å². The van der Waals surface area contributed by atoms with Crippen LogP contribution >= 0.6 is 12.4 Å². The number of nitrogens with zero attached hydrogens (tertiary/aromatic N) is 1. The van der Waals surface area contributed by atoms with Crippen LogP contribution in [-0.2, 0) is 14.6 Å². The van der Waals surface area contributed by atoms with E-state index in [9.17, 15) is 18.0 Å². The molecule has 148 valence electrons. The van der Waals surface area contributed by atoms with Crippen LogP contribution in [0.1, 0.15) is 37.0 Å². The zero-order valence-corrected chi connectivity index (χ0v) is 17.2. The number of benzene rings is 1. The lowest BCUT2D eigenvalue weighted by Gasteiger charge is -2.26. The van der Waals surface area contributed by atoms with E-state index >= 15 is 0 Å². The van der Waals surface area contributed by atoms with Gasteiger partial charge < -0.3 is 16.0 Å². The van der Waals surface area contributed by atoms with E-state index in [2.05, 4.69) is 5.32 Å². The van der Waals surface area contributed by atoms with E-state index in [0.29, 0.717) is 12.1 Å². The molecule has 0 bridgehead atoms. The first-order valence-corrected chi connectivity index (χ1v) is 9.80. The summed E-state index contributed by atoms with van der Waals surface area (Å²) in [4.78, 5) is 25.0. The molecule has 9 heteroatoms. The highest BCUT2D eigenvalue weighted by Crippen LogP contribution is 2.14. The zero-order chi connectivity index (χ0) is 19.3. The van der Waals surface area contributed by atoms with Crippen molar-refractivity contribution in [2.75, 3.05) is 26.4 Å². The third-order valence-electron chi connectivity index (χ3n) is 4.30. The first-order valence-electron chi connectivity index (χ1n) is 8.14. The predicted octanol–water partition coefficient (Wildman–Crippen LogP) is 1.22. The van der Waals surface area contributed by atoms with Gasteiger partial charge in [-0.2, -0.15) is 0 Å². The van der Waals surface area contributed by atoms with Gasteiger partial charge in [-0.3, -0.25) is 9.59 Å². The number of halogens is 1. The Kier molecular flexibility index (Phi) is 9.27. The molecule has 0 unspecified atom stereocenters. The topological polar surface area (TPSA) is 110 Å². The zero-order valence-electron chi connectivity index (χ0n) is 15.6. The maximum absolute atomic E-state index is 12.2. The molecule has 7 nitrogen and oxygen atoms in total. The molecule has 3 N–H and O–H groups in total. The molecule has 1 aromatic rings. The fourth-order valence-electron chi connectivity index (χ4n) is 2.05. The summed E-state index contributed by atoms with van der Waals surface area (Å²) in [6, 6.07) is 5.53. The lowest BCUT2D eigenvalue weighted by atomic mass is 9.94. The van der Waals surface area contributed by atoms with Crippen molar-refractivity contribution in [1.29, 1.82) is 0 Å². The van der Waals surface area contributed by atoms with Crippen LogP contribution in [-0.4, -0.2) is 57.1 Å². The van der Waals surface area contributed by atoms with Gasteiger partial charge in [0.2, 0.25) is 5.91 Å². The van der Waals surface area contributed by atoms with E-state index in [0.717, 1.165) is 12.8 Å². The molecule has 0 aliphatic carbocycles. The van der Waals surface area contributed by atoms with Crippen LogP contribution in [0.15, 0.2) is 29.2 Å². The maximum atomic E-state index is 12.2. The predicted molar refractivity (Wildman–Crippen MR) is 104 cm³/mol. The summed E-state index contributed by atoms with van der Waals surface area (Å²) in [5.41, 5.74) is 6.03. The van der Waals surface area contributed by atoms with E-state index in [-0.39, 0.29) is 23.2 Å². The highest BCUT2D eigenvalue weighted by atomic mass is 35.5. The van der Waals surface area contributed by atoms with Crippen LogP contribution in [0.25, 0.3) is 0 Å². The van der Waals surface area contributed by atoms with Crippen molar-refractivity contribution < 1.29 is 18.0 Å². The van der Waals surface area contributed by atoms with Crippen molar-refractivity contribution in [3.63, 3.8) is 0 Å². The molecular formula is C17H28ClN3O4S. The minimum atomic E-state index is -3.73. The summed E-state index contributed by atoms with van der Waals surface area (Å²) >= 11 is 0. The number of nitrogens with one attached hydrogen (secondary N) is 1. The molecule has 0 heterocycles. The average Bonchev–Trinajstić information content (AvgIpc) is 2.59. The molecule has 2 amide bonds. The van der Waals surface area contributed by atoms with Crippen molar-refractivity contribution in [3.8, 4) is 0 Å². The molecule has 0 aliphatic rings. The molecular weight excluding hydrogens is 378 g/mol. The molecule has 0 radical (unpaired) electrons. The Balaban J connectivity index is 0.00000625. The van der Waals surface area contributed by atoms with Crippen LogP contribution in [0.4, 0.5) is 0 Å². The summed E-state index contributed by atoms with van der Waals surface area (Å²) < 4.78 is 24.4. The highest BCUT2D eigenvalue weighted by molar-refractivity contribution is 7.92. The largest absolute Gasteiger partial charge is 0.350 e. The second-order valence-electron chi connectivity index (χ2n) is 6.32. The fourth-order valence-corrected chi connectivity index (χ4v) is 3.35. The van der Waals surface area contributed by atoms with E-state index < -0.39 is 27.0 Å². The standard InChI is InChI=1S/C17H27N3O4S.ClH/c1-5-17(18,6-2)12-19-16(22)13-7-9-14(10-8-13)25(23,24)11-15(21)20(3)4;/h7-10H,5-6,11-12,18H2,1-4H3,(H,19,22);1H. The van der Waals surface area contributed by atoms with Gasteiger partial charge in [0.25, 0.3) is 5.91 Å². The number of carbonyl (C=O) groups excluding carboxylic acids is 2. The van der Waals surface area contributed by atoms with Crippen LogP contribution in [0.3, 0.4) is 0 Å². The summed E-state index contributed by atoms with van der Waals surface area (Å²) in [5.74, 6) is -1.42. The molecule has 0 aromatic heterocycles. The van der Waals surface area contributed by atoms with Gasteiger partial charge in [0, 0.05) is 31.7 Å². The van der Waals surface area contributed by atoms with Gasteiger partial charge in [0.1, 0.15) is 5.75 Å². The van der Waals surface area contributed by atoms with Crippen molar-refractivity contribution >= 4 is 34.1 Å². The van der Waals surface area contributed by atoms with Gasteiger partial charge in [-0.1, -0.05) is 13.8 Å². The van der Waals surface area contributed by atoms with Gasteiger partial charge in [-0.25, -0.2) is 8.42 Å². The minimum absolute atomic E-state index is 0. The molecule has 0 aliphatic heterocycles. The van der Waals surface area contributed by atoms with Crippen LogP contribution in [0, 0.1) is 0 Å². The smallest absolute Gasteiger partial charge is 0.251 e. The quantitative estimate of drug-likeness (QED) is 0.675. The third-order valence-corrected chi connectivity index (χ3v) is 5.91. The second kappa shape index (κ2) is 9.89. The Morgan fingerprint density at radius 3 is 2.04 bits per heavy atom. The summed E-state index contributed by atoms with van der Waals surface area (Å²) in [6.45, 7) is 4.27. The molecule has 0 saturated carbocycles. The lowest BCUT2D eigenvalue weighted by Crippen LogP contribution is -2.49. The molecule has 26 heavy (non-hydrogen) atoms. The molecule has 1 rings (SSSR count). The Bertz CT molecular complexity index is 714. The van der Waals surface area contributed by atoms with E-state index in [1.54, 1.807) is 0 Å². The summed E-state index contributed by atoms with van der Waals surface area (Å²) in [6.07, 6.45) is 1.47. The number of rotatable bonds is 8. The lowest BCUT2D eigenvalue weighted by molar-refractivity contribution is -0.125. The molecule has 0 atom stereocenters. The third kappa shape index (κ3) is 6.59. The Labute approximate surface area is 161 Å². The fraction of sp³-hybridized carbons (Fsp3) is 0.529. The van der Waals surface area contributed by atoms with Gasteiger partial charge in [-0.15, -0.1) is 12.4 Å². The number of hydrogen-bond donors (Lipinski definition) is 2. The van der Waals surface area contributed by atoms with Crippen molar-refractivity contribution in [2.24, 2.45) is 5.73 Å². The number of amides is 2. The van der Waals surface area contributed by atoms with Crippen LogP contribution in [0.5, 0.6) is 0 Å². The van der Waals surface area contributed by atoms with Crippen LogP contribution < -0.4 is 11.1 Å². The SMILES string of the molecule is CCC(N)(CC)CNC(=O)c1ccc(S(=O)(=O)CC(=O)N(C)C)cc1.Cl. The first kappa shape index (κ1) is 24.4. The number of sulfone groups is 1. The van der Waals surface area contributed by atoms with Crippen molar-refractivity contribution in [1.82, 2.24) is 10.2 Å². The number of carbonyl (C=O) groups is 2. The minimum Gasteiger partial charge on any atom is -0.350 e. The van der Waals surface area contributed by atoms with Gasteiger partial charge in [0.05, 0.1) is 4.90 Å². The molecule has 0 fully saturated rings. The monoisotopic (exact) mass is 405 g/mol. The Morgan fingerprint density at radius 2 is 1.62 bits per heavy atom. The maximum Gasteiger partial charge on any atom is 0.251 e. The van der Waals surface area contributed by atoms with E-state index in [4.69, 9.17) is 5.73 Å². The summed E-state index contributed by atoms with van der Waals surface area (Å²) in [5, 5.41) is 2.77. The van der Waals surface area contributed by atoms with E-state index in [1.807, 2.05) is 13.8 Å². The van der Waals surface area contributed by atoms with Gasteiger partial charge in [0.15, 0.2) is 9.84 Å². The Hall–Kier alpha value is -1.64. The molecule has 1 aromatic carbocycles. The molecule has 0 spiro atoms. The summed E-state index contributed by atoms with van der Waals surface area (Å²) in [7, 11) is -0.743. The average molecular weight is 406 g/mol. The van der Waals surface area contributed by atoms with E-state index in [1.165, 1.54) is 43.3 Å². The number of hydrogen-bond acceptors (Lipinski definition) is 5. The van der Waals surface area contributed by atoms with Crippen LogP contribution in [0.2, 0.25) is 0 Å². The number of nitrogens with two attached hydrogens (primary N) is 1. The Morgan fingerprint density at radius 1 is 1.12 bits per heavy atom. The second-order valence-corrected chi connectivity index (χ2v) is 8.31. The molecule has 0 saturated heterocycles. The van der Waals surface area contributed by atoms with Crippen molar-refractivity contribution in [3.05, 3.63) is 29.8 Å². The highest BCUT2D eigenvalue weighted by Gasteiger charge is 2.23. The normalized spacial score (nSPS) is 11.4. The first-order chi connectivity index (χ1) is 11.5. The van der Waals surface area contributed by atoms with Gasteiger partial charge in [-0.05, 0) is 37.1 Å².